The number of allylic oxidation sites excluding steroid dienone is 1. The Hall–Kier alpha value is -0.380. The molecule has 1 aliphatic rings. The summed E-state index contributed by atoms with van der Waals surface area (Å²) in [4.78, 5) is 0. The minimum absolute atomic E-state index is 0.0850. The van der Waals surface area contributed by atoms with E-state index in [1.807, 2.05) is 13.0 Å². The van der Waals surface area contributed by atoms with E-state index in [1.165, 1.54) is 0 Å². The lowest BCUT2D eigenvalue weighted by molar-refractivity contribution is -0.239. The van der Waals surface area contributed by atoms with Crippen molar-refractivity contribution in [3.63, 3.8) is 0 Å². The molecule has 0 amide bonds. The zero-order chi connectivity index (χ0) is 10.6. The molecular formula is C11H20O3. The molecule has 0 bridgehead atoms. The van der Waals surface area contributed by atoms with Crippen LogP contribution < -0.4 is 0 Å². The molecule has 1 heterocycles. The molecule has 0 aliphatic carbocycles. The molecule has 0 aromatic heterocycles. The smallest absolute Gasteiger partial charge is 0.155 e. The minimum atomic E-state index is -0.157. The van der Waals surface area contributed by atoms with Crippen molar-refractivity contribution >= 4 is 0 Å². The molecule has 82 valence electrons. The summed E-state index contributed by atoms with van der Waals surface area (Å²) in [6, 6.07) is 0. The van der Waals surface area contributed by atoms with Gasteiger partial charge in [-0.2, -0.15) is 0 Å². The molecule has 0 aromatic rings. The first-order valence-corrected chi connectivity index (χ1v) is 5.17. The fraction of sp³-hybridized carbons (Fsp3) is 0.818. The average molecular weight is 200 g/mol. The Bertz CT molecular complexity index is 181. The van der Waals surface area contributed by atoms with Crippen LogP contribution >= 0.6 is 0 Å². The van der Waals surface area contributed by atoms with Gasteiger partial charge in [0.05, 0.1) is 12.7 Å². The lowest BCUT2D eigenvalue weighted by Gasteiger charge is -2.37. The third-order valence-corrected chi connectivity index (χ3v) is 2.67. The van der Waals surface area contributed by atoms with Crippen LogP contribution in [0, 0.1) is 11.8 Å². The van der Waals surface area contributed by atoms with Crippen molar-refractivity contribution in [2.24, 2.45) is 11.8 Å². The highest BCUT2D eigenvalue weighted by Gasteiger charge is 2.32. The summed E-state index contributed by atoms with van der Waals surface area (Å²) in [5.74, 6) is 0.483. The van der Waals surface area contributed by atoms with Crippen molar-refractivity contribution < 1.29 is 14.6 Å². The Morgan fingerprint density at radius 2 is 2.29 bits per heavy atom. The maximum Gasteiger partial charge on any atom is 0.155 e. The zero-order valence-electron chi connectivity index (χ0n) is 8.98. The van der Waals surface area contributed by atoms with E-state index in [2.05, 4.69) is 13.5 Å². The number of hydrogen-bond acceptors (Lipinski definition) is 3. The van der Waals surface area contributed by atoms with E-state index >= 15 is 0 Å². The lowest BCUT2D eigenvalue weighted by Crippen LogP contribution is -2.42. The summed E-state index contributed by atoms with van der Waals surface area (Å²) in [5, 5.41) is 9.24. The van der Waals surface area contributed by atoms with Gasteiger partial charge in [-0.25, -0.2) is 0 Å². The standard InChI is InChI=1S/C11H20O3/c1-4-5-10(6-12)11-8(2)7-13-9(3)14-11/h4,8-12H,1,5-7H2,2-3H3/t8-,9?,10+,11+/m0/s1. The van der Waals surface area contributed by atoms with E-state index in [9.17, 15) is 5.11 Å². The van der Waals surface area contributed by atoms with Gasteiger partial charge in [-0.15, -0.1) is 6.58 Å². The Kier molecular flexibility index (Phi) is 4.58. The maximum absolute atomic E-state index is 9.24. The average Bonchev–Trinajstić information content (AvgIpc) is 2.18. The summed E-state index contributed by atoms with van der Waals surface area (Å²) in [6.07, 6.45) is 2.55. The Balaban J connectivity index is 2.56. The number of rotatable bonds is 4. The van der Waals surface area contributed by atoms with Gasteiger partial charge >= 0.3 is 0 Å². The van der Waals surface area contributed by atoms with Crippen molar-refractivity contribution in [1.29, 1.82) is 0 Å². The summed E-state index contributed by atoms with van der Waals surface area (Å²) >= 11 is 0. The molecule has 1 aliphatic heterocycles. The number of aliphatic hydroxyl groups excluding tert-OH is 1. The number of hydrogen-bond donors (Lipinski definition) is 1. The molecule has 0 aromatic carbocycles. The van der Waals surface area contributed by atoms with Gasteiger partial charge in [0.15, 0.2) is 6.29 Å². The molecule has 0 saturated carbocycles. The molecule has 1 rings (SSSR count). The Labute approximate surface area is 85.7 Å². The molecular weight excluding hydrogens is 180 g/mol. The fourth-order valence-electron chi connectivity index (χ4n) is 1.88. The minimum Gasteiger partial charge on any atom is -0.396 e. The SMILES string of the molecule is C=CC[C@H](CO)[C@@H]1OC(C)OC[C@@H]1C. The largest absolute Gasteiger partial charge is 0.396 e. The normalized spacial score (nSPS) is 35.2. The summed E-state index contributed by atoms with van der Waals surface area (Å²) in [7, 11) is 0. The van der Waals surface area contributed by atoms with Crippen molar-refractivity contribution in [3.8, 4) is 0 Å². The molecule has 0 radical (unpaired) electrons. The molecule has 3 nitrogen and oxygen atoms in total. The third kappa shape index (κ3) is 2.80. The van der Waals surface area contributed by atoms with E-state index in [0.717, 1.165) is 6.42 Å². The Morgan fingerprint density at radius 1 is 1.57 bits per heavy atom. The van der Waals surface area contributed by atoms with Crippen LogP contribution in [0.3, 0.4) is 0 Å². The van der Waals surface area contributed by atoms with Gasteiger partial charge in [0.1, 0.15) is 0 Å². The second-order valence-corrected chi connectivity index (χ2v) is 3.95. The van der Waals surface area contributed by atoms with Crippen LogP contribution in [-0.4, -0.2) is 30.7 Å². The first-order valence-electron chi connectivity index (χ1n) is 5.17. The van der Waals surface area contributed by atoms with E-state index in [0.29, 0.717) is 12.5 Å². The highest BCUT2D eigenvalue weighted by molar-refractivity contribution is 4.83. The van der Waals surface area contributed by atoms with Crippen LogP contribution in [0.5, 0.6) is 0 Å². The van der Waals surface area contributed by atoms with Crippen LogP contribution in [0.1, 0.15) is 20.3 Å². The van der Waals surface area contributed by atoms with Gasteiger partial charge < -0.3 is 14.6 Å². The van der Waals surface area contributed by atoms with Crippen LogP contribution in [-0.2, 0) is 9.47 Å². The predicted molar refractivity (Wildman–Crippen MR) is 54.8 cm³/mol. The van der Waals surface area contributed by atoms with E-state index in [-0.39, 0.29) is 24.9 Å². The topological polar surface area (TPSA) is 38.7 Å². The monoisotopic (exact) mass is 200 g/mol. The Morgan fingerprint density at radius 3 is 2.86 bits per heavy atom. The molecule has 3 heteroatoms. The molecule has 1 N–H and O–H groups in total. The van der Waals surface area contributed by atoms with Gasteiger partial charge in [0.25, 0.3) is 0 Å². The van der Waals surface area contributed by atoms with Crippen LogP contribution in [0.15, 0.2) is 12.7 Å². The maximum atomic E-state index is 9.24. The second-order valence-electron chi connectivity index (χ2n) is 3.95. The molecule has 1 unspecified atom stereocenters. The van der Waals surface area contributed by atoms with Crippen LogP contribution in [0.4, 0.5) is 0 Å². The number of aliphatic hydroxyl groups is 1. The second kappa shape index (κ2) is 5.49. The van der Waals surface area contributed by atoms with Gasteiger partial charge in [-0.1, -0.05) is 13.0 Å². The van der Waals surface area contributed by atoms with Crippen LogP contribution in [0.2, 0.25) is 0 Å². The lowest BCUT2D eigenvalue weighted by atomic mass is 9.90. The van der Waals surface area contributed by atoms with Crippen molar-refractivity contribution in [3.05, 3.63) is 12.7 Å². The van der Waals surface area contributed by atoms with Gasteiger partial charge in [0, 0.05) is 18.4 Å². The van der Waals surface area contributed by atoms with Gasteiger partial charge in [0.2, 0.25) is 0 Å². The zero-order valence-corrected chi connectivity index (χ0v) is 8.98. The fourth-order valence-corrected chi connectivity index (χ4v) is 1.88. The van der Waals surface area contributed by atoms with Gasteiger partial charge in [-0.3, -0.25) is 0 Å². The molecule has 4 atom stereocenters. The quantitative estimate of drug-likeness (QED) is 0.700. The van der Waals surface area contributed by atoms with E-state index in [1.54, 1.807) is 0 Å². The van der Waals surface area contributed by atoms with E-state index in [4.69, 9.17) is 9.47 Å². The highest BCUT2D eigenvalue weighted by atomic mass is 16.7. The van der Waals surface area contributed by atoms with E-state index < -0.39 is 0 Å². The van der Waals surface area contributed by atoms with Crippen molar-refractivity contribution in [2.75, 3.05) is 13.2 Å². The van der Waals surface area contributed by atoms with Crippen LogP contribution in [0.25, 0.3) is 0 Å². The molecule has 0 spiro atoms. The summed E-state index contributed by atoms with van der Waals surface area (Å²) in [6.45, 7) is 8.52. The van der Waals surface area contributed by atoms with Crippen molar-refractivity contribution in [2.45, 2.75) is 32.7 Å². The highest BCUT2D eigenvalue weighted by Crippen LogP contribution is 2.26. The predicted octanol–water partition coefficient (Wildman–Crippen LogP) is 1.57. The summed E-state index contributed by atoms with van der Waals surface area (Å²) in [5.41, 5.74) is 0. The van der Waals surface area contributed by atoms with Crippen molar-refractivity contribution in [1.82, 2.24) is 0 Å². The first-order chi connectivity index (χ1) is 6.69. The third-order valence-electron chi connectivity index (χ3n) is 2.67. The molecule has 14 heavy (non-hydrogen) atoms. The van der Waals surface area contributed by atoms with Gasteiger partial charge in [-0.05, 0) is 13.3 Å². The molecule has 1 saturated heterocycles. The molecule has 1 fully saturated rings. The number of ether oxygens (including phenoxy) is 2. The summed E-state index contributed by atoms with van der Waals surface area (Å²) < 4.78 is 11.0. The first kappa shape index (κ1) is 11.7.